The predicted molar refractivity (Wildman–Crippen MR) is 92.7 cm³/mol. The lowest BCUT2D eigenvalue weighted by atomic mass is 10.1. The van der Waals surface area contributed by atoms with Crippen molar-refractivity contribution in [2.24, 2.45) is 0 Å². The lowest BCUT2D eigenvalue weighted by Crippen LogP contribution is -2.33. The molecule has 0 saturated carbocycles. The van der Waals surface area contributed by atoms with Gasteiger partial charge in [-0.25, -0.2) is 4.79 Å². The van der Waals surface area contributed by atoms with Crippen molar-refractivity contribution in [1.29, 1.82) is 0 Å². The minimum atomic E-state index is -0.875. The number of H-pyrrole nitrogens is 1. The van der Waals surface area contributed by atoms with Crippen LogP contribution in [0.15, 0.2) is 40.1 Å². The van der Waals surface area contributed by atoms with Crippen molar-refractivity contribution in [3.63, 3.8) is 0 Å². The number of benzene rings is 1. The number of hydrogen-bond acceptors (Lipinski definition) is 6. The highest BCUT2D eigenvalue weighted by Gasteiger charge is 2.35. The molecule has 0 bridgehead atoms. The van der Waals surface area contributed by atoms with Crippen LogP contribution >= 0.6 is 0 Å². The molecular weight excluding hydrogens is 326 g/mol. The Morgan fingerprint density at radius 2 is 2.16 bits per heavy atom. The molecule has 25 heavy (non-hydrogen) atoms. The predicted octanol–water partition coefficient (Wildman–Crippen LogP) is -0.0701. The van der Waals surface area contributed by atoms with Crippen LogP contribution in [0, 0.1) is 0 Å². The summed E-state index contributed by atoms with van der Waals surface area (Å²) >= 11 is 0. The number of nitrogen functional groups attached to an aromatic ring is 1. The van der Waals surface area contributed by atoms with E-state index in [1.54, 1.807) is 30.4 Å². The minimum absolute atomic E-state index is 0.148. The first-order valence-electron chi connectivity index (χ1n) is 7.81. The number of nitrogens with zero attached hydrogens (tertiary/aromatic N) is 1. The zero-order valence-electron chi connectivity index (χ0n) is 13.3. The largest absolute Gasteiger partial charge is 0.399 e. The molecule has 1 aliphatic heterocycles. The van der Waals surface area contributed by atoms with Crippen molar-refractivity contribution in [2.45, 2.75) is 24.9 Å². The Labute approximate surface area is 142 Å². The van der Waals surface area contributed by atoms with Gasteiger partial charge in [-0.05, 0) is 23.8 Å². The van der Waals surface area contributed by atoms with E-state index in [2.05, 4.69) is 4.98 Å². The normalized spacial score (nSPS) is 23.4. The van der Waals surface area contributed by atoms with Crippen molar-refractivity contribution in [2.75, 3.05) is 12.3 Å². The smallest absolute Gasteiger partial charge is 0.330 e. The molecule has 8 nitrogen and oxygen atoms in total. The Morgan fingerprint density at radius 3 is 2.84 bits per heavy atom. The first kappa shape index (κ1) is 17.2. The number of anilines is 1. The van der Waals surface area contributed by atoms with Gasteiger partial charge in [0.1, 0.15) is 12.3 Å². The van der Waals surface area contributed by atoms with Crippen molar-refractivity contribution in [3.05, 3.63) is 62.4 Å². The van der Waals surface area contributed by atoms with Gasteiger partial charge in [0.15, 0.2) is 0 Å². The SMILES string of the molecule is Nc1cccc(/C=C/c2cn([C@H]3C[C@H](O)[C@@H](CO)O3)c(=O)[nH]c2=O)c1. The number of aliphatic hydroxyl groups excluding tert-OH is 2. The molecule has 3 rings (SSSR count). The molecule has 1 aliphatic rings. The van der Waals surface area contributed by atoms with E-state index in [1.165, 1.54) is 10.8 Å². The average molecular weight is 345 g/mol. The number of nitrogens with one attached hydrogen (secondary N) is 1. The molecule has 5 N–H and O–H groups in total. The molecule has 0 aliphatic carbocycles. The number of aromatic nitrogens is 2. The standard InChI is InChI=1S/C17H19N3O5/c18-12-3-1-2-10(6-12)4-5-11-8-20(17(24)19-16(11)23)15-7-13(22)14(9-21)25-15/h1-6,8,13-15,21-22H,7,9,18H2,(H,19,23,24)/b5-4+/t13-,14+,15+/m0/s1. The molecule has 0 spiro atoms. The van der Waals surface area contributed by atoms with E-state index >= 15 is 0 Å². The second-order valence-electron chi connectivity index (χ2n) is 5.87. The molecule has 2 aromatic rings. The fraction of sp³-hybridized carbons (Fsp3) is 0.294. The Balaban J connectivity index is 1.91. The summed E-state index contributed by atoms with van der Waals surface area (Å²) in [6.07, 6.45) is 2.41. The third-order valence-corrected chi connectivity index (χ3v) is 4.06. The molecule has 132 valence electrons. The van der Waals surface area contributed by atoms with Gasteiger partial charge in [0.05, 0.1) is 18.3 Å². The molecule has 0 amide bonds. The van der Waals surface area contributed by atoms with Crippen LogP contribution in [0.1, 0.15) is 23.8 Å². The summed E-state index contributed by atoms with van der Waals surface area (Å²) in [4.78, 5) is 26.3. The summed E-state index contributed by atoms with van der Waals surface area (Å²) in [6.45, 7) is -0.349. The van der Waals surface area contributed by atoms with Gasteiger partial charge in [-0.2, -0.15) is 0 Å². The van der Waals surface area contributed by atoms with Crippen molar-refractivity contribution in [1.82, 2.24) is 9.55 Å². The van der Waals surface area contributed by atoms with Crippen LogP contribution in [0.5, 0.6) is 0 Å². The van der Waals surface area contributed by atoms with Crippen LogP contribution in [-0.4, -0.2) is 38.6 Å². The zero-order chi connectivity index (χ0) is 18.0. The lowest BCUT2D eigenvalue weighted by Gasteiger charge is -2.14. The number of ether oxygens (including phenoxy) is 1. The summed E-state index contributed by atoms with van der Waals surface area (Å²) in [5.74, 6) is 0. The second kappa shape index (κ2) is 7.06. The summed E-state index contributed by atoms with van der Waals surface area (Å²) in [6, 6.07) is 7.13. The molecule has 2 heterocycles. The Morgan fingerprint density at radius 1 is 1.36 bits per heavy atom. The Kier molecular flexibility index (Phi) is 4.84. The minimum Gasteiger partial charge on any atom is -0.399 e. The quantitative estimate of drug-likeness (QED) is 0.574. The number of rotatable bonds is 4. The van der Waals surface area contributed by atoms with E-state index in [0.717, 1.165) is 5.56 Å². The second-order valence-corrected chi connectivity index (χ2v) is 5.87. The van der Waals surface area contributed by atoms with Crippen molar-refractivity contribution < 1.29 is 14.9 Å². The maximum atomic E-state index is 12.0. The van der Waals surface area contributed by atoms with E-state index in [4.69, 9.17) is 15.6 Å². The summed E-state index contributed by atoms with van der Waals surface area (Å²) < 4.78 is 6.67. The van der Waals surface area contributed by atoms with Crippen LogP contribution in [-0.2, 0) is 4.74 Å². The maximum absolute atomic E-state index is 12.0. The lowest BCUT2D eigenvalue weighted by molar-refractivity contribution is -0.0459. The highest BCUT2D eigenvalue weighted by molar-refractivity contribution is 5.70. The van der Waals surface area contributed by atoms with Gasteiger partial charge in [0.25, 0.3) is 5.56 Å². The molecule has 1 aromatic heterocycles. The molecule has 0 unspecified atom stereocenters. The fourth-order valence-electron chi connectivity index (χ4n) is 2.73. The third-order valence-electron chi connectivity index (χ3n) is 4.06. The van der Waals surface area contributed by atoms with E-state index in [1.807, 2.05) is 6.07 Å². The number of aromatic amines is 1. The molecule has 3 atom stereocenters. The van der Waals surface area contributed by atoms with Crippen LogP contribution < -0.4 is 17.0 Å². The molecule has 8 heteroatoms. The van der Waals surface area contributed by atoms with Crippen LogP contribution in [0.25, 0.3) is 12.2 Å². The fourth-order valence-corrected chi connectivity index (χ4v) is 2.73. The van der Waals surface area contributed by atoms with E-state index < -0.39 is 29.7 Å². The van der Waals surface area contributed by atoms with E-state index in [9.17, 15) is 14.7 Å². The monoisotopic (exact) mass is 345 g/mol. The maximum Gasteiger partial charge on any atom is 0.330 e. The molecule has 1 saturated heterocycles. The first-order valence-corrected chi connectivity index (χ1v) is 7.81. The molecule has 1 fully saturated rings. The van der Waals surface area contributed by atoms with Crippen LogP contribution in [0.2, 0.25) is 0 Å². The summed E-state index contributed by atoms with van der Waals surface area (Å²) in [7, 11) is 0. The van der Waals surface area contributed by atoms with Crippen LogP contribution in [0.4, 0.5) is 5.69 Å². The topological polar surface area (TPSA) is 131 Å². The number of hydrogen-bond donors (Lipinski definition) is 4. The van der Waals surface area contributed by atoms with E-state index in [0.29, 0.717) is 5.69 Å². The van der Waals surface area contributed by atoms with Gasteiger partial charge >= 0.3 is 5.69 Å². The van der Waals surface area contributed by atoms with Gasteiger partial charge in [-0.3, -0.25) is 14.3 Å². The van der Waals surface area contributed by atoms with Gasteiger partial charge < -0.3 is 20.7 Å². The first-order chi connectivity index (χ1) is 12.0. The zero-order valence-corrected chi connectivity index (χ0v) is 13.3. The number of nitrogens with two attached hydrogens (primary N) is 1. The highest BCUT2D eigenvalue weighted by Crippen LogP contribution is 2.27. The number of aliphatic hydroxyl groups is 2. The Bertz CT molecular complexity index is 902. The Hall–Kier alpha value is -2.68. The van der Waals surface area contributed by atoms with Crippen LogP contribution in [0.3, 0.4) is 0 Å². The van der Waals surface area contributed by atoms with Crippen molar-refractivity contribution >= 4 is 17.8 Å². The van der Waals surface area contributed by atoms with Gasteiger partial charge in [-0.15, -0.1) is 0 Å². The van der Waals surface area contributed by atoms with Crippen molar-refractivity contribution in [3.8, 4) is 0 Å². The molecule has 0 radical (unpaired) electrons. The molecular formula is C17H19N3O5. The van der Waals surface area contributed by atoms with Gasteiger partial charge in [0.2, 0.25) is 0 Å². The third kappa shape index (κ3) is 3.71. The molecule has 1 aromatic carbocycles. The summed E-state index contributed by atoms with van der Waals surface area (Å²) in [5.41, 5.74) is 6.22. The van der Waals surface area contributed by atoms with Gasteiger partial charge in [0, 0.05) is 18.3 Å². The highest BCUT2D eigenvalue weighted by atomic mass is 16.5. The summed E-state index contributed by atoms with van der Waals surface area (Å²) in [5, 5.41) is 19.0. The van der Waals surface area contributed by atoms with E-state index in [-0.39, 0.29) is 18.6 Å². The van der Waals surface area contributed by atoms with Gasteiger partial charge in [-0.1, -0.05) is 18.2 Å². The average Bonchev–Trinajstić information content (AvgIpc) is 2.95.